The van der Waals surface area contributed by atoms with Crippen molar-refractivity contribution in [2.75, 3.05) is 26.7 Å². The van der Waals surface area contributed by atoms with Crippen molar-refractivity contribution >= 4 is 0 Å². The lowest BCUT2D eigenvalue weighted by molar-refractivity contribution is -0.0881. The van der Waals surface area contributed by atoms with Crippen molar-refractivity contribution in [3.05, 3.63) is 36.1 Å². The minimum absolute atomic E-state index is 0.619. The average molecular weight is 246 g/mol. The SMILES string of the molecule is CN1CC\C=C/C(C(F)(F)F)=C\C=C\NCC1. The van der Waals surface area contributed by atoms with E-state index >= 15 is 0 Å². The van der Waals surface area contributed by atoms with E-state index in [4.69, 9.17) is 0 Å². The van der Waals surface area contributed by atoms with E-state index in [0.717, 1.165) is 31.8 Å². The quantitative estimate of drug-likeness (QED) is 0.706. The molecule has 1 N–H and O–H groups in total. The van der Waals surface area contributed by atoms with E-state index in [1.807, 2.05) is 7.05 Å². The van der Waals surface area contributed by atoms with Crippen LogP contribution < -0.4 is 5.32 Å². The Morgan fingerprint density at radius 1 is 1.29 bits per heavy atom. The largest absolute Gasteiger partial charge is 0.416 e. The van der Waals surface area contributed by atoms with Gasteiger partial charge in [0.1, 0.15) is 0 Å². The Labute approximate surface area is 99.5 Å². The van der Waals surface area contributed by atoms with Gasteiger partial charge in [-0.1, -0.05) is 12.2 Å². The van der Waals surface area contributed by atoms with Gasteiger partial charge < -0.3 is 10.2 Å². The third-order valence-electron chi connectivity index (χ3n) is 2.43. The summed E-state index contributed by atoms with van der Waals surface area (Å²) in [4.78, 5) is 2.07. The second-order valence-corrected chi connectivity index (χ2v) is 3.93. The van der Waals surface area contributed by atoms with Crippen LogP contribution in [-0.4, -0.2) is 37.8 Å². The van der Waals surface area contributed by atoms with Gasteiger partial charge in [-0.2, -0.15) is 13.2 Å². The highest BCUT2D eigenvalue weighted by Crippen LogP contribution is 2.26. The summed E-state index contributed by atoms with van der Waals surface area (Å²) in [5.41, 5.74) is -0.626. The van der Waals surface area contributed by atoms with Gasteiger partial charge in [-0.05, 0) is 31.8 Å². The van der Waals surface area contributed by atoms with Gasteiger partial charge in [0.25, 0.3) is 0 Å². The van der Waals surface area contributed by atoms with Gasteiger partial charge in [-0.15, -0.1) is 0 Å². The summed E-state index contributed by atoms with van der Waals surface area (Å²) >= 11 is 0. The Hall–Kier alpha value is -1.23. The molecule has 0 saturated carbocycles. The fourth-order valence-electron chi connectivity index (χ4n) is 1.42. The number of rotatable bonds is 0. The lowest BCUT2D eigenvalue weighted by Gasteiger charge is -2.15. The van der Waals surface area contributed by atoms with E-state index in [2.05, 4.69) is 10.2 Å². The Kier molecular flexibility index (Phi) is 5.28. The standard InChI is InChI=1S/C12H17F3N2/c1-17-9-3-2-5-11(12(13,14)15)6-4-7-16-8-10-17/h2,4-7,16H,3,8-10H2,1H3/b5-2-,7-4+,11-6+. The van der Waals surface area contributed by atoms with Crippen LogP contribution in [0.25, 0.3) is 0 Å². The number of hydrogen-bond donors (Lipinski definition) is 1. The highest BCUT2D eigenvalue weighted by molar-refractivity contribution is 5.28. The van der Waals surface area contributed by atoms with Crippen molar-refractivity contribution in [2.45, 2.75) is 12.6 Å². The summed E-state index contributed by atoms with van der Waals surface area (Å²) in [7, 11) is 1.95. The number of nitrogens with one attached hydrogen (secondary N) is 1. The molecule has 1 heterocycles. The zero-order valence-electron chi connectivity index (χ0n) is 9.80. The average Bonchev–Trinajstić information content (AvgIpc) is 2.21. The fraction of sp³-hybridized carbons (Fsp3) is 0.500. The van der Waals surface area contributed by atoms with Crippen molar-refractivity contribution in [3.8, 4) is 0 Å². The molecule has 0 saturated heterocycles. The van der Waals surface area contributed by atoms with Crippen LogP contribution in [0.4, 0.5) is 13.2 Å². The molecule has 2 nitrogen and oxygen atoms in total. The minimum Gasteiger partial charge on any atom is -0.390 e. The summed E-state index contributed by atoms with van der Waals surface area (Å²) in [5, 5.41) is 2.95. The minimum atomic E-state index is -4.29. The maximum Gasteiger partial charge on any atom is 0.416 e. The van der Waals surface area contributed by atoms with Crippen molar-refractivity contribution in [1.82, 2.24) is 10.2 Å². The van der Waals surface area contributed by atoms with Crippen LogP contribution in [-0.2, 0) is 0 Å². The van der Waals surface area contributed by atoms with Gasteiger partial charge in [-0.3, -0.25) is 0 Å². The van der Waals surface area contributed by atoms with Crippen LogP contribution in [0.5, 0.6) is 0 Å². The predicted octanol–water partition coefficient (Wildman–Crippen LogP) is 2.47. The first-order chi connectivity index (χ1) is 8.00. The molecule has 0 unspecified atom stereocenters. The van der Waals surface area contributed by atoms with Gasteiger partial charge in [0.2, 0.25) is 0 Å². The number of allylic oxidation sites excluding steroid dienone is 4. The first kappa shape index (κ1) is 13.8. The summed E-state index contributed by atoms with van der Waals surface area (Å²) in [5.74, 6) is 0. The van der Waals surface area contributed by atoms with Crippen LogP contribution >= 0.6 is 0 Å². The fourth-order valence-corrected chi connectivity index (χ4v) is 1.42. The van der Waals surface area contributed by atoms with Gasteiger partial charge in [0.05, 0.1) is 5.57 Å². The molecule has 0 spiro atoms. The van der Waals surface area contributed by atoms with Crippen molar-refractivity contribution < 1.29 is 13.2 Å². The molecule has 0 bridgehead atoms. The first-order valence-corrected chi connectivity index (χ1v) is 5.52. The van der Waals surface area contributed by atoms with Gasteiger partial charge in [-0.25, -0.2) is 0 Å². The smallest absolute Gasteiger partial charge is 0.390 e. The Bertz CT molecular complexity index is 316. The monoisotopic (exact) mass is 246 g/mol. The van der Waals surface area contributed by atoms with Gasteiger partial charge >= 0.3 is 6.18 Å². The third kappa shape index (κ3) is 5.58. The molecule has 1 aliphatic heterocycles. The third-order valence-corrected chi connectivity index (χ3v) is 2.43. The molecule has 5 heteroatoms. The Morgan fingerprint density at radius 3 is 2.76 bits per heavy atom. The van der Waals surface area contributed by atoms with Crippen LogP contribution in [0, 0.1) is 0 Å². The van der Waals surface area contributed by atoms with Gasteiger partial charge in [0, 0.05) is 19.6 Å². The Balaban J connectivity index is 2.77. The molecule has 1 aliphatic rings. The molecule has 96 valence electrons. The van der Waals surface area contributed by atoms with Crippen LogP contribution in [0.15, 0.2) is 36.1 Å². The second-order valence-electron chi connectivity index (χ2n) is 3.93. The van der Waals surface area contributed by atoms with Crippen LogP contribution in [0.2, 0.25) is 0 Å². The number of likely N-dealkylation sites (N-methyl/N-ethyl adjacent to an activating group) is 1. The molecule has 17 heavy (non-hydrogen) atoms. The van der Waals surface area contributed by atoms with E-state index in [9.17, 15) is 13.2 Å². The van der Waals surface area contributed by atoms with E-state index in [1.54, 1.807) is 6.08 Å². The van der Waals surface area contributed by atoms with E-state index in [1.165, 1.54) is 12.3 Å². The van der Waals surface area contributed by atoms with Gasteiger partial charge in [0.15, 0.2) is 0 Å². The maximum atomic E-state index is 12.6. The molecular formula is C12H17F3N2. The molecule has 0 aromatic rings. The molecule has 1 rings (SSSR count). The summed E-state index contributed by atoms with van der Waals surface area (Å²) in [6.07, 6.45) is 3.03. The maximum absolute atomic E-state index is 12.6. The van der Waals surface area contributed by atoms with E-state index in [0.29, 0.717) is 6.42 Å². The molecule has 0 fully saturated rings. The van der Waals surface area contributed by atoms with Crippen LogP contribution in [0.1, 0.15) is 6.42 Å². The molecule has 0 aromatic carbocycles. The summed E-state index contributed by atoms with van der Waals surface area (Å²) < 4.78 is 37.7. The zero-order chi connectivity index (χ0) is 12.7. The number of alkyl halides is 3. The number of nitrogens with zero attached hydrogens (tertiary/aromatic N) is 1. The molecule has 0 amide bonds. The zero-order valence-corrected chi connectivity index (χ0v) is 9.80. The first-order valence-electron chi connectivity index (χ1n) is 5.52. The number of hydrogen-bond acceptors (Lipinski definition) is 2. The van der Waals surface area contributed by atoms with Crippen molar-refractivity contribution in [2.24, 2.45) is 0 Å². The lowest BCUT2D eigenvalue weighted by Crippen LogP contribution is -2.27. The van der Waals surface area contributed by atoms with Crippen LogP contribution in [0.3, 0.4) is 0 Å². The normalized spacial score (nSPS) is 26.9. The van der Waals surface area contributed by atoms with Crippen molar-refractivity contribution in [3.63, 3.8) is 0 Å². The molecule has 0 atom stereocenters. The molecule has 0 aliphatic carbocycles. The lowest BCUT2D eigenvalue weighted by atomic mass is 10.2. The summed E-state index contributed by atoms with van der Waals surface area (Å²) in [6, 6.07) is 0. The number of halogens is 3. The topological polar surface area (TPSA) is 15.3 Å². The highest BCUT2D eigenvalue weighted by Gasteiger charge is 2.31. The molecule has 0 radical (unpaired) electrons. The highest BCUT2D eigenvalue weighted by atomic mass is 19.4. The predicted molar refractivity (Wildman–Crippen MR) is 62.5 cm³/mol. The second kappa shape index (κ2) is 6.49. The van der Waals surface area contributed by atoms with E-state index in [-0.39, 0.29) is 0 Å². The Morgan fingerprint density at radius 2 is 2.06 bits per heavy atom. The van der Waals surface area contributed by atoms with Crippen molar-refractivity contribution in [1.29, 1.82) is 0 Å². The molecule has 0 aromatic heterocycles. The van der Waals surface area contributed by atoms with E-state index < -0.39 is 11.7 Å². The summed E-state index contributed by atoms with van der Waals surface area (Å²) in [6.45, 7) is 2.35. The molecular weight excluding hydrogens is 229 g/mol.